The molecule has 0 N–H and O–H groups in total. The summed E-state index contributed by atoms with van der Waals surface area (Å²) in [5.74, 6) is -2.19. The number of carbonyl (C=O) groups is 1. The molecular formula is C17H14Br2F2O3. The number of halogens is 4. The van der Waals surface area contributed by atoms with E-state index in [9.17, 15) is 13.6 Å². The van der Waals surface area contributed by atoms with Crippen LogP contribution in [-0.2, 0) is 10.7 Å². The third-order valence-electron chi connectivity index (χ3n) is 3.54. The summed E-state index contributed by atoms with van der Waals surface area (Å²) >= 11 is 6.34. The maximum atomic E-state index is 14.4. The number of methoxy groups -OCH3 is 2. The number of benzene rings is 2. The molecule has 3 nitrogen and oxygen atoms in total. The number of carbonyl (C=O) groups excluding carboxylic acids is 1. The fourth-order valence-corrected chi connectivity index (χ4v) is 3.17. The summed E-state index contributed by atoms with van der Waals surface area (Å²) in [5, 5.41) is 0.559. The number of ketones is 1. The molecule has 2 aromatic rings. The lowest BCUT2D eigenvalue weighted by Gasteiger charge is -2.14. The van der Waals surface area contributed by atoms with Crippen molar-refractivity contribution in [2.75, 3.05) is 14.2 Å². The van der Waals surface area contributed by atoms with Gasteiger partial charge in [-0.05, 0) is 12.1 Å². The predicted octanol–water partition coefficient (Wildman–Crippen LogP) is 5.00. The molecule has 0 aliphatic heterocycles. The van der Waals surface area contributed by atoms with Gasteiger partial charge in [0.1, 0.15) is 0 Å². The molecule has 0 saturated heterocycles. The minimum atomic E-state index is -0.628. The zero-order valence-corrected chi connectivity index (χ0v) is 16.1. The lowest BCUT2D eigenvalue weighted by atomic mass is 9.98. The molecule has 0 bridgehead atoms. The van der Waals surface area contributed by atoms with Gasteiger partial charge < -0.3 is 9.47 Å². The largest absolute Gasteiger partial charge is 0.493 e. The lowest BCUT2D eigenvalue weighted by molar-refractivity contribution is 0.103. The van der Waals surface area contributed by atoms with Crippen LogP contribution in [0, 0.1) is 11.6 Å². The van der Waals surface area contributed by atoms with E-state index in [2.05, 4.69) is 31.9 Å². The van der Waals surface area contributed by atoms with Crippen LogP contribution in [0.5, 0.6) is 11.5 Å². The van der Waals surface area contributed by atoms with Crippen molar-refractivity contribution in [2.24, 2.45) is 0 Å². The first-order valence-corrected chi connectivity index (χ1v) is 9.11. The first-order valence-electron chi connectivity index (χ1n) is 6.87. The summed E-state index contributed by atoms with van der Waals surface area (Å²) in [7, 11) is 2.55. The topological polar surface area (TPSA) is 35.5 Å². The van der Waals surface area contributed by atoms with E-state index in [1.165, 1.54) is 38.5 Å². The van der Waals surface area contributed by atoms with Crippen molar-refractivity contribution in [3.05, 3.63) is 58.2 Å². The third kappa shape index (κ3) is 3.32. The normalized spacial score (nSPS) is 10.6. The molecule has 0 heterocycles. The van der Waals surface area contributed by atoms with Crippen LogP contribution in [0.15, 0.2) is 24.3 Å². The molecule has 128 valence electrons. The van der Waals surface area contributed by atoms with E-state index in [-0.39, 0.29) is 33.3 Å². The van der Waals surface area contributed by atoms with Crippen molar-refractivity contribution in [1.29, 1.82) is 0 Å². The molecule has 0 spiro atoms. The Kier molecular flexibility index (Phi) is 6.34. The van der Waals surface area contributed by atoms with Gasteiger partial charge in [-0.3, -0.25) is 4.79 Å². The molecular weight excluding hydrogens is 450 g/mol. The molecule has 0 aliphatic rings. The first kappa shape index (κ1) is 18.9. The average molecular weight is 464 g/mol. The Labute approximate surface area is 155 Å². The highest BCUT2D eigenvalue weighted by atomic mass is 79.9. The van der Waals surface area contributed by atoms with Crippen LogP contribution in [0.3, 0.4) is 0 Å². The number of alkyl halides is 2. The molecule has 2 rings (SSSR count). The summed E-state index contributed by atoms with van der Waals surface area (Å²) in [4.78, 5) is 12.8. The summed E-state index contributed by atoms with van der Waals surface area (Å²) < 4.78 is 38.8. The maximum Gasteiger partial charge on any atom is 0.200 e. The van der Waals surface area contributed by atoms with Gasteiger partial charge in [0.05, 0.1) is 25.3 Å². The highest BCUT2D eigenvalue weighted by Crippen LogP contribution is 2.33. The Balaban J connectivity index is 2.62. The van der Waals surface area contributed by atoms with Crippen LogP contribution in [0.25, 0.3) is 0 Å². The molecule has 0 fully saturated rings. The fourth-order valence-electron chi connectivity index (χ4n) is 2.30. The Morgan fingerprint density at radius 2 is 1.25 bits per heavy atom. The van der Waals surface area contributed by atoms with Crippen LogP contribution >= 0.6 is 31.9 Å². The fraction of sp³-hybridized carbons (Fsp3) is 0.235. The Morgan fingerprint density at radius 1 is 0.875 bits per heavy atom. The van der Waals surface area contributed by atoms with E-state index in [0.29, 0.717) is 11.1 Å². The van der Waals surface area contributed by atoms with E-state index in [0.717, 1.165) is 0 Å². The quantitative estimate of drug-likeness (QED) is 0.446. The maximum absolute atomic E-state index is 14.4. The second-order valence-electron chi connectivity index (χ2n) is 4.84. The molecule has 24 heavy (non-hydrogen) atoms. The van der Waals surface area contributed by atoms with Crippen molar-refractivity contribution in [1.82, 2.24) is 0 Å². The molecule has 2 aromatic carbocycles. The average Bonchev–Trinajstić information content (AvgIpc) is 2.60. The van der Waals surface area contributed by atoms with Gasteiger partial charge in [-0.1, -0.05) is 44.0 Å². The molecule has 0 aliphatic carbocycles. The van der Waals surface area contributed by atoms with Gasteiger partial charge in [-0.15, -0.1) is 0 Å². The predicted molar refractivity (Wildman–Crippen MR) is 94.6 cm³/mol. The zero-order chi connectivity index (χ0) is 17.9. The minimum absolute atomic E-state index is 0.00370. The Hall–Kier alpha value is -1.47. The third-order valence-corrected chi connectivity index (χ3v) is 4.75. The molecule has 0 atom stereocenters. The van der Waals surface area contributed by atoms with E-state index in [1.54, 1.807) is 0 Å². The van der Waals surface area contributed by atoms with Gasteiger partial charge in [0.25, 0.3) is 0 Å². The SMILES string of the molecule is COc1c(C(=O)c2ccc(CBr)c(F)c2OC)ccc(CBr)c1F. The monoisotopic (exact) mass is 462 g/mol. The minimum Gasteiger partial charge on any atom is -0.493 e. The summed E-state index contributed by atoms with van der Waals surface area (Å²) in [6.07, 6.45) is 0. The summed E-state index contributed by atoms with van der Waals surface area (Å²) in [6, 6.07) is 5.87. The molecule has 0 aromatic heterocycles. The number of hydrogen-bond acceptors (Lipinski definition) is 3. The molecule has 0 saturated carbocycles. The Morgan fingerprint density at radius 3 is 1.54 bits per heavy atom. The molecule has 0 amide bonds. The van der Waals surface area contributed by atoms with Crippen LogP contribution < -0.4 is 9.47 Å². The summed E-state index contributed by atoms with van der Waals surface area (Å²) in [6.45, 7) is 0. The number of rotatable bonds is 6. The van der Waals surface area contributed by atoms with Gasteiger partial charge in [0.15, 0.2) is 23.1 Å². The number of ether oxygens (including phenoxy) is 2. The van der Waals surface area contributed by atoms with Crippen LogP contribution in [0.2, 0.25) is 0 Å². The van der Waals surface area contributed by atoms with Crippen LogP contribution in [0.4, 0.5) is 8.78 Å². The zero-order valence-electron chi connectivity index (χ0n) is 13.0. The van der Waals surface area contributed by atoms with Crippen molar-refractivity contribution in [3.63, 3.8) is 0 Å². The van der Waals surface area contributed by atoms with Gasteiger partial charge in [-0.2, -0.15) is 0 Å². The van der Waals surface area contributed by atoms with Crippen molar-refractivity contribution in [2.45, 2.75) is 10.7 Å². The summed E-state index contributed by atoms with van der Waals surface area (Å²) in [5.41, 5.74) is 0.723. The van der Waals surface area contributed by atoms with E-state index < -0.39 is 17.4 Å². The van der Waals surface area contributed by atoms with E-state index >= 15 is 0 Å². The van der Waals surface area contributed by atoms with Crippen molar-refractivity contribution < 1.29 is 23.0 Å². The second kappa shape index (κ2) is 8.07. The standard InChI is InChI=1S/C17H14Br2F2O3/c1-23-16-11(5-3-9(7-18)13(16)20)15(22)12-6-4-10(8-19)14(21)17(12)24-2/h3-6H,7-8H2,1-2H3. The van der Waals surface area contributed by atoms with E-state index in [1.807, 2.05) is 0 Å². The van der Waals surface area contributed by atoms with Gasteiger partial charge in [-0.25, -0.2) is 8.78 Å². The van der Waals surface area contributed by atoms with Gasteiger partial charge in [0.2, 0.25) is 5.78 Å². The van der Waals surface area contributed by atoms with Gasteiger partial charge in [0, 0.05) is 21.8 Å². The molecule has 7 heteroatoms. The highest BCUT2D eigenvalue weighted by molar-refractivity contribution is 9.08. The van der Waals surface area contributed by atoms with Crippen LogP contribution in [-0.4, -0.2) is 20.0 Å². The van der Waals surface area contributed by atoms with E-state index in [4.69, 9.17) is 9.47 Å². The Bertz CT molecular complexity index is 715. The van der Waals surface area contributed by atoms with Gasteiger partial charge >= 0.3 is 0 Å². The lowest BCUT2D eigenvalue weighted by Crippen LogP contribution is -2.10. The molecule has 0 unspecified atom stereocenters. The van der Waals surface area contributed by atoms with Crippen LogP contribution in [0.1, 0.15) is 27.0 Å². The second-order valence-corrected chi connectivity index (χ2v) is 5.96. The highest BCUT2D eigenvalue weighted by Gasteiger charge is 2.25. The smallest absolute Gasteiger partial charge is 0.200 e. The first-order chi connectivity index (χ1) is 11.5. The van der Waals surface area contributed by atoms with Crippen molar-refractivity contribution >= 4 is 37.6 Å². The number of hydrogen-bond donors (Lipinski definition) is 0. The van der Waals surface area contributed by atoms with Crippen molar-refractivity contribution in [3.8, 4) is 11.5 Å². The molecule has 0 radical (unpaired) electrons.